The Morgan fingerprint density at radius 3 is 2.41 bits per heavy atom. The van der Waals surface area contributed by atoms with Crippen LogP contribution < -0.4 is 4.74 Å². The number of hydrogen-bond acceptors (Lipinski definition) is 5. The predicted molar refractivity (Wildman–Crippen MR) is 127 cm³/mol. The normalized spacial score (nSPS) is 17.1. The number of ether oxygens (including phenoxy) is 1. The first-order chi connectivity index (χ1) is 16.7. The predicted octanol–water partition coefficient (Wildman–Crippen LogP) is 5.02. The van der Waals surface area contributed by atoms with Crippen molar-refractivity contribution >= 4 is 5.91 Å². The monoisotopic (exact) mass is 460 g/mol. The average molecular weight is 461 g/mol. The Balaban J connectivity index is 1.25. The summed E-state index contributed by atoms with van der Waals surface area (Å²) in [5.41, 5.74) is 2.71. The number of likely N-dealkylation sites (tertiary alicyclic amines) is 2. The second kappa shape index (κ2) is 10.3. The molecule has 0 aliphatic carbocycles. The lowest BCUT2D eigenvalue weighted by molar-refractivity contribution is 0.0709. The second-order valence-electron chi connectivity index (χ2n) is 9.01. The molecule has 0 saturated carbocycles. The van der Waals surface area contributed by atoms with Crippen molar-refractivity contribution in [3.05, 3.63) is 83.6 Å². The molecule has 1 amide bonds. The van der Waals surface area contributed by atoms with Crippen molar-refractivity contribution in [3.8, 4) is 11.6 Å². The Labute approximate surface area is 199 Å². The molecule has 1 aromatic heterocycles. The fourth-order valence-electron chi connectivity index (χ4n) is 4.88. The third kappa shape index (κ3) is 5.09. The van der Waals surface area contributed by atoms with Gasteiger partial charge in [0.2, 0.25) is 5.88 Å². The molecular weight excluding hydrogens is 431 g/mol. The van der Waals surface area contributed by atoms with Crippen LogP contribution in [0, 0.1) is 5.82 Å². The molecule has 2 aromatic carbocycles. The Morgan fingerprint density at radius 2 is 1.65 bits per heavy atom. The highest BCUT2D eigenvalue weighted by atomic mass is 19.1. The minimum absolute atomic E-state index is 0.107. The van der Waals surface area contributed by atoms with Crippen molar-refractivity contribution in [2.75, 3.05) is 26.2 Å². The maximum Gasteiger partial charge on any atom is 0.254 e. The van der Waals surface area contributed by atoms with Crippen LogP contribution in [0.3, 0.4) is 0 Å². The zero-order valence-electron chi connectivity index (χ0n) is 19.2. The molecule has 2 aliphatic heterocycles. The third-order valence-electron chi connectivity index (χ3n) is 6.73. The van der Waals surface area contributed by atoms with E-state index < -0.39 is 0 Å². The number of hydrogen-bond donors (Lipinski definition) is 0. The van der Waals surface area contributed by atoms with E-state index in [0.717, 1.165) is 49.3 Å². The first-order valence-corrected chi connectivity index (χ1v) is 12.0. The summed E-state index contributed by atoms with van der Waals surface area (Å²) in [6.07, 6.45) is 7.31. The molecule has 5 rings (SSSR count). The summed E-state index contributed by atoms with van der Waals surface area (Å²) in [6, 6.07) is 13.9. The van der Waals surface area contributed by atoms with Crippen molar-refractivity contribution in [2.24, 2.45) is 0 Å². The van der Waals surface area contributed by atoms with Crippen LogP contribution in [0.5, 0.6) is 11.6 Å². The van der Waals surface area contributed by atoms with Crippen LogP contribution in [0.15, 0.2) is 60.9 Å². The van der Waals surface area contributed by atoms with Crippen molar-refractivity contribution in [2.45, 2.75) is 38.1 Å². The Kier molecular flexibility index (Phi) is 6.81. The first kappa shape index (κ1) is 22.5. The van der Waals surface area contributed by atoms with Gasteiger partial charge < -0.3 is 9.64 Å². The van der Waals surface area contributed by atoms with Gasteiger partial charge in [-0.1, -0.05) is 18.2 Å². The fourth-order valence-corrected chi connectivity index (χ4v) is 4.88. The van der Waals surface area contributed by atoms with Gasteiger partial charge in [0.05, 0.1) is 0 Å². The lowest BCUT2D eigenvalue weighted by Crippen LogP contribution is -2.38. The minimum atomic E-state index is -0.314. The summed E-state index contributed by atoms with van der Waals surface area (Å²) in [4.78, 5) is 26.7. The highest BCUT2D eigenvalue weighted by Gasteiger charge is 2.29. The van der Waals surface area contributed by atoms with Crippen LogP contribution in [-0.2, 0) is 6.54 Å². The molecule has 0 atom stereocenters. The molecule has 176 valence electrons. The molecular formula is C27H29FN4O2. The molecule has 0 bridgehead atoms. The van der Waals surface area contributed by atoms with Crippen LogP contribution in [-0.4, -0.2) is 51.9 Å². The number of nitrogens with zero attached hydrogens (tertiary/aromatic N) is 4. The Morgan fingerprint density at radius 1 is 0.941 bits per heavy atom. The van der Waals surface area contributed by atoms with Gasteiger partial charge in [-0.2, -0.15) is 0 Å². The molecule has 7 heteroatoms. The molecule has 2 fully saturated rings. The highest BCUT2D eigenvalue weighted by molar-refractivity contribution is 5.95. The van der Waals surface area contributed by atoms with Gasteiger partial charge in [0.25, 0.3) is 5.91 Å². The van der Waals surface area contributed by atoms with Gasteiger partial charge in [0, 0.05) is 43.5 Å². The number of halogens is 1. The van der Waals surface area contributed by atoms with Gasteiger partial charge in [-0.15, -0.1) is 0 Å². The molecule has 0 unspecified atom stereocenters. The van der Waals surface area contributed by atoms with Crippen LogP contribution >= 0.6 is 0 Å². The van der Waals surface area contributed by atoms with E-state index in [1.165, 1.54) is 25.0 Å². The fraction of sp³-hybridized carbons (Fsp3) is 0.370. The maximum absolute atomic E-state index is 13.4. The highest BCUT2D eigenvalue weighted by Crippen LogP contribution is 2.34. The maximum atomic E-state index is 13.4. The minimum Gasteiger partial charge on any atom is -0.437 e. The van der Waals surface area contributed by atoms with Gasteiger partial charge in [0.15, 0.2) is 0 Å². The van der Waals surface area contributed by atoms with Gasteiger partial charge in [-0.3, -0.25) is 14.7 Å². The summed E-state index contributed by atoms with van der Waals surface area (Å²) < 4.78 is 19.1. The van der Waals surface area contributed by atoms with E-state index in [9.17, 15) is 9.18 Å². The van der Waals surface area contributed by atoms with E-state index in [1.807, 2.05) is 23.1 Å². The third-order valence-corrected chi connectivity index (χ3v) is 6.73. The van der Waals surface area contributed by atoms with Gasteiger partial charge in [-0.25, -0.2) is 9.37 Å². The number of rotatable bonds is 6. The Bertz CT molecular complexity index is 1120. The lowest BCUT2D eigenvalue weighted by atomic mass is 9.92. The first-order valence-electron chi connectivity index (χ1n) is 12.0. The van der Waals surface area contributed by atoms with E-state index in [0.29, 0.717) is 24.7 Å². The molecule has 0 spiro atoms. The zero-order valence-corrected chi connectivity index (χ0v) is 19.2. The quantitative estimate of drug-likeness (QED) is 0.517. The number of amides is 1. The van der Waals surface area contributed by atoms with Crippen LogP contribution in [0.2, 0.25) is 0 Å². The molecule has 0 radical (unpaired) electrons. The lowest BCUT2D eigenvalue weighted by Gasteiger charge is -2.32. The van der Waals surface area contributed by atoms with E-state index in [2.05, 4.69) is 20.9 Å². The molecule has 2 aliphatic rings. The number of benzene rings is 2. The van der Waals surface area contributed by atoms with Gasteiger partial charge >= 0.3 is 0 Å². The van der Waals surface area contributed by atoms with E-state index in [-0.39, 0.29) is 17.6 Å². The summed E-state index contributed by atoms with van der Waals surface area (Å²) in [5, 5.41) is 0. The molecule has 2 saturated heterocycles. The summed E-state index contributed by atoms with van der Waals surface area (Å²) >= 11 is 0. The van der Waals surface area contributed by atoms with Crippen LogP contribution in [0.1, 0.15) is 53.2 Å². The van der Waals surface area contributed by atoms with Crippen molar-refractivity contribution in [1.29, 1.82) is 0 Å². The smallest absolute Gasteiger partial charge is 0.254 e. The average Bonchev–Trinajstić information content (AvgIpc) is 3.39. The van der Waals surface area contributed by atoms with Gasteiger partial charge in [-0.05, 0) is 74.7 Å². The van der Waals surface area contributed by atoms with Crippen LogP contribution in [0.4, 0.5) is 4.39 Å². The molecule has 3 aromatic rings. The number of carbonyl (C=O) groups is 1. The van der Waals surface area contributed by atoms with Crippen molar-refractivity contribution in [3.63, 3.8) is 0 Å². The molecule has 6 nitrogen and oxygen atoms in total. The van der Waals surface area contributed by atoms with E-state index in [1.54, 1.807) is 24.5 Å². The van der Waals surface area contributed by atoms with Crippen LogP contribution in [0.25, 0.3) is 0 Å². The number of aromatic nitrogens is 2. The topological polar surface area (TPSA) is 58.6 Å². The number of piperidine rings is 1. The van der Waals surface area contributed by atoms with Crippen molar-refractivity contribution in [1.82, 2.24) is 19.8 Å². The second-order valence-corrected chi connectivity index (χ2v) is 9.01. The van der Waals surface area contributed by atoms with E-state index >= 15 is 0 Å². The van der Waals surface area contributed by atoms with Gasteiger partial charge in [0.1, 0.15) is 17.3 Å². The largest absolute Gasteiger partial charge is 0.437 e. The number of carbonyl (C=O) groups excluding carboxylic acids is 1. The van der Waals surface area contributed by atoms with Crippen molar-refractivity contribution < 1.29 is 13.9 Å². The molecule has 0 N–H and O–H groups in total. The molecule has 3 heterocycles. The standard InChI is InChI=1S/C27H29FN4O2/c28-22-7-9-23(10-8-22)34-26-25(29-13-14-30-26)20-11-17-32(18-12-20)27(33)24-6-2-1-5-21(24)19-31-15-3-4-16-31/h1-2,5-10,13-14,20H,3-4,11-12,15-19H2. The van der Waals surface area contributed by atoms with E-state index in [4.69, 9.17) is 4.74 Å². The Hall–Kier alpha value is -3.32. The summed E-state index contributed by atoms with van der Waals surface area (Å²) in [7, 11) is 0. The SMILES string of the molecule is O=C(c1ccccc1CN1CCCC1)N1CCC(c2nccnc2Oc2ccc(F)cc2)CC1. The summed E-state index contributed by atoms with van der Waals surface area (Å²) in [6.45, 7) is 4.37. The summed E-state index contributed by atoms with van der Waals surface area (Å²) in [5.74, 6) is 0.897. The zero-order chi connectivity index (χ0) is 23.3. The molecule has 34 heavy (non-hydrogen) atoms.